The van der Waals surface area contributed by atoms with E-state index in [0.717, 1.165) is 23.1 Å². The van der Waals surface area contributed by atoms with Crippen LogP contribution in [-0.2, 0) is 6.18 Å². The summed E-state index contributed by atoms with van der Waals surface area (Å²) in [5, 5.41) is 14.3. The molecule has 0 radical (unpaired) electrons. The molecule has 3 N–H and O–H groups in total. The van der Waals surface area contributed by atoms with Gasteiger partial charge < -0.3 is 20.5 Å². The lowest BCUT2D eigenvalue weighted by Gasteiger charge is -2.18. The SMILES string of the molecule is CCN(C(=O)O)C(=S)Nc1ccc(Oc2cccc(NC(=O)c3cccc(C(F)(F)F)c3)c2)cn1. The normalized spacial score (nSPS) is 10.9. The monoisotopic (exact) mass is 504 g/mol. The summed E-state index contributed by atoms with van der Waals surface area (Å²) in [7, 11) is 0. The molecule has 0 aliphatic heterocycles. The number of carbonyl (C=O) groups is 2. The van der Waals surface area contributed by atoms with Crippen molar-refractivity contribution in [1.82, 2.24) is 9.88 Å². The second-order valence-electron chi connectivity index (χ2n) is 7.00. The van der Waals surface area contributed by atoms with Crippen LogP contribution in [0, 0.1) is 0 Å². The number of carbonyl (C=O) groups excluding carboxylic acids is 1. The highest BCUT2D eigenvalue weighted by atomic mass is 32.1. The minimum absolute atomic E-state index is 0.0228. The Morgan fingerprint density at radius 3 is 2.43 bits per heavy atom. The molecule has 8 nitrogen and oxygen atoms in total. The lowest BCUT2D eigenvalue weighted by atomic mass is 10.1. The first-order valence-corrected chi connectivity index (χ1v) is 10.5. The number of aromatic nitrogens is 1. The van der Waals surface area contributed by atoms with Crippen LogP contribution in [0.1, 0.15) is 22.8 Å². The van der Waals surface area contributed by atoms with Gasteiger partial charge in [-0.1, -0.05) is 12.1 Å². The fourth-order valence-electron chi connectivity index (χ4n) is 2.87. The molecule has 0 saturated carbocycles. The maximum atomic E-state index is 12.9. The number of amides is 2. The summed E-state index contributed by atoms with van der Waals surface area (Å²) in [6, 6.07) is 13.5. The standard InChI is InChI=1S/C23H19F3N4O4S/c1-2-30(22(32)33)21(35)29-19-10-9-18(13-27-19)34-17-8-4-7-16(12-17)28-20(31)14-5-3-6-15(11-14)23(24,25)26/h3-13H,2H2,1H3,(H,28,31)(H,32,33)(H,27,29,35). The number of thiocarbonyl (C=S) groups is 1. The number of ether oxygens (including phenoxy) is 1. The van der Waals surface area contributed by atoms with Crippen LogP contribution >= 0.6 is 12.2 Å². The van der Waals surface area contributed by atoms with Gasteiger partial charge in [-0.25, -0.2) is 9.78 Å². The van der Waals surface area contributed by atoms with Crippen molar-refractivity contribution < 1.29 is 32.6 Å². The van der Waals surface area contributed by atoms with Gasteiger partial charge in [-0.2, -0.15) is 13.2 Å². The maximum absolute atomic E-state index is 12.9. The lowest BCUT2D eigenvalue weighted by Crippen LogP contribution is -2.38. The van der Waals surface area contributed by atoms with E-state index in [0.29, 0.717) is 23.0 Å². The minimum atomic E-state index is -4.56. The van der Waals surface area contributed by atoms with Gasteiger partial charge in [0.25, 0.3) is 5.91 Å². The molecule has 0 fully saturated rings. The van der Waals surface area contributed by atoms with Gasteiger partial charge in [-0.15, -0.1) is 0 Å². The summed E-state index contributed by atoms with van der Waals surface area (Å²) < 4.78 is 44.4. The predicted octanol–water partition coefficient (Wildman–Crippen LogP) is 5.84. The Morgan fingerprint density at radius 2 is 1.80 bits per heavy atom. The third kappa shape index (κ3) is 6.90. The first-order valence-electron chi connectivity index (χ1n) is 10.1. The molecule has 0 unspecified atom stereocenters. The Labute approximate surface area is 203 Å². The summed E-state index contributed by atoms with van der Waals surface area (Å²) in [6.07, 6.45) is -4.36. The lowest BCUT2D eigenvalue weighted by molar-refractivity contribution is -0.137. The van der Waals surface area contributed by atoms with E-state index in [2.05, 4.69) is 15.6 Å². The Balaban J connectivity index is 1.65. The van der Waals surface area contributed by atoms with E-state index in [1.807, 2.05) is 0 Å². The number of halogens is 3. The smallest absolute Gasteiger partial charge is 0.416 e. The number of alkyl halides is 3. The summed E-state index contributed by atoms with van der Waals surface area (Å²) in [5.41, 5.74) is -0.741. The van der Waals surface area contributed by atoms with E-state index in [-0.39, 0.29) is 17.2 Å². The molecule has 3 aromatic rings. The maximum Gasteiger partial charge on any atom is 0.416 e. The topological polar surface area (TPSA) is 104 Å². The van der Waals surface area contributed by atoms with E-state index >= 15 is 0 Å². The Morgan fingerprint density at radius 1 is 1.06 bits per heavy atom. The molecule has 0 aliphatic carbocycles. The van der Waals surface area contributed by atoms with E-state index < -0.39 is 23.7 Å². The molecule has 3 rings (SSSR count). The molecule has 0 bridgehead atoms. The highest BCUT2D eigenvalue weighted by Crippen LogP contribution is 2.30. The molecule has 0 spiro atoms. The number of carboxylic acid groups (broad SMARTS) is 1. The Bertz CT molecular complexity index is 1240. The number of nitrogens with zero attached hydrogens (tertiary/aromatic N) is 2. The van der Waals surface area contributed by atoms with E-state index in [4.69, 9.17) is 22.1 Å². The molecule has 182 valence electrons. The van der Waals surface area contributed by atoms with Gasteiger partial charge in [-0.3, -0.25) is 9.69 Å². The van der Waals surface area contributed by atoms with E-state index in [1.165, 1.54) is 24.4 Å². The van der Waals surface area contributed by atoms with Crippen LogP contribution in [0.4, 0.5) is 29.5 Å². The van der Waals surface area contributed by atoms with Gasteiger partial charge in [0.15, 0.2) is 5.11 Å². The molecular formula is C23H19F3N4O4S. The Hall–Kier alpha value is -4.19. The first kappa shape index (κ1) is 25.4. The summed E-state index contributed by atoms with van der Waals surface area (Å²) in [4.78, 5) is 28.6. The van der Waals surface area contributed by atoms with Crippen molar-refractivity contribution in [2.24, 2.45) is 0 Å². The van der Waals surface area contributed by atoms with Gasteiger partial charge in [0, 0.05) is 23.9 Å². The van der Waals surface area contributed by atoms with Crippen molar-refractivity contribution in [3.63, 3.8) is 0 Å². The summed E-state index contributed by atoms with van der Waals surface area (Å²) >= 11 is 5.05. The molecule has 1 heterocycles. The van der Waals surface area contributed by atoms with Crippen molar-refractivity contribution in [3.8, 4) is 11.5 Å². The zero-order valence-corrected chi connectivity index (χ0v) is 19.0. The molecule has 1 aromatic heterocycles. The number of pyridine rings is 1. The van der Waals surface area contributed by atoms with Crippen molar-refractivity contribution in [3.05, 3.63) is 78.0 Å². The van der Waals surface area contributed by atoms with Gasteiger partial charge in [0.1, 0.15) is 17.3 Å². The third-order valence-corrected chi connectivity index (χ3v) is 4.87. The molecule has 2 aromatic carbocycles. The fraction of sp³-hybridized carbons (Fsp3) is 0.130. The largest absolute Gasteiger partial charge is 0.465 e. The van der Waals surface area contributed by atoms with Gasteiger partial charge in [-0.05, 0) is 61.6 Å². The molecule has 0 saturated heterocycles. The second-order valence-corrected chi connectivity index (χ2v) is 7.39. The van der Waals surface area contributed by atoms with Crippen LogP contribution in [0.2, 0.25) is 0 Å². The van der Waals surface area contributed by atoms with E-state index in [1.54, 1.807) is 31.2 Å². The minimum Gasteiger partial charge on any atom is -0.465 e. The van der Waals surface area contributed by atoms with Crippen molar-refractivity contribution in [2.45, 2.75) is 13.1 Å². The fourth-order valence-corrected chi connectivity index (χ4v) is 3.18. The molecule has 2 amide bonds. The Kier molecular flexibility index (Phi) is 7.87. The van der Waals surface area contributed by atoms with Crippen LogP contribution in [0.5, 0.6) is 11.5 Å². The van der Waals surface area contributed by atoms with Gasteiger partial charge in [0.2, 0.25) is 0 Å². The van der Waals surface area contributed by atoms with Crippen molar-refractivity contribution in [1.29, 1.82) is 0 Å². The van der Waals surface area contributed by atoms with Crippen LogP contribution in [0.3, 0.4) is 0 Å². The molecule has 12 heteroatoms. The van der Waals surface area contributed by atoms with Gasteiger partial charge >= 0.3 is 12.3 Å². The first-order chi connectivity index (χ1) is 16.6. The molecule has 35 heavy (non-hydrogen) atoms. The number of hydrogen-bond acceptors (Lipinski definition) is 5. The van der Waals surface area contributed by atoms with Crippen LogP contribution in [-0.4, -0.2) is 38.6 Å². The highest BCUT2D eigenvalue weighted by Gasteiger charge is 2.30. The summed E-state index contributed by atoms with van der Waals surface area (Å²) in [6.45, 7) is 1.81. The second kappa shape index (κ2) is 10.8. The average Bonchev–Trinajstić information content (AvgIpc) is 2.80. The van der Waals surface area contributed by atoms with Crippen LogP contribution in [0.25, 0.3) is 0 Å². The summed E-state index contributed by atoms with van der Waals surface area (Å²) in [5.74, 6) is 0.286. The zero-order chi connectivity index (χ0) is 25.6. The number of hydrogen-bond donors (Lipinski definition) is 3. The van der Waals surface area contributed by atoms with Crippen molar-refractivity contribution in [2.75, 3.05) is 17.2 Å². The van der Waals surface area contributed by atoms with E-state index in [9.17, 15) is 22.8 Å². The van der Waals surface area contributed by atoms with Crippen molar-refractivity contribution >= 4 is 40.8 Å². The molecule has 0 aliphatic rings. The van der Waals surface area contributed by atoms with Gasteiger partial charge in [0.05, 0.1) is 11.8 Å². The third-order valence-electron chi connectivity index (χ3n) is 4.54. The quantitative estimate of drug-likeness (QED) is 0.362. The molecule has 0 atom stereocenters. The number of rotatable bonds is 6. The molecular weight excluding hydrogens is 485 g/mol. The number of anilines is 2. The number of benzene rings is 2. The number of nitrogens with one attached hydrogen (secondary N) is 2. The van der Waals surface area contributed by atoms with Crippen LogP contribution in [0.15, 0.2) is 66.9 Å². The zero-order valence-electron chi connectivity index (χ0n) is 18.2. The predicted molar refractivity (Wildman–Crippen MR) is 127 cm³/mol. The average molecular weight is 504 g/mol. The van der Waals surface area contributed by atoms with Crippen LogP contribution < -0.4 is 15.4 Å². The highest BCUT2D eigenvalue weighted by molar-refractivity contribution is 7.80.